The molecule has 0 bridgehead atoms. The Balaban J connectivity index is 1.95. The van der Waals surface area contributed by atoms with Crippen molar-refractivity contribution in [1.29, 1.82) is 0 Å². The summed E-state index contributed by atoms with van der Waals surface area (Å²) in [6.07, 6.45) is 0.315. The second kappa shape index (κ2) is 4.61. The van der Waals surface area contributed by atoms with Crippen molar-refractivity contribution in [3.8, 4) is 11.3 Å². The van der Waals surface area contributed by atoms with E-state index in [1.807, 2.05) is 24.3 Å². The highest BCUT2D eigenvalue weighted by molar-refractivity contribution is 5.90. The lowest BCUT2D eigenvalue weighted by Crippen LogP contribution is -2.23. The molecule has 3 rings (SSSR count). The molecule has 1 amide bonds. The van der Waals surface area contributed by atoms with Gasteiger partial charge in [-0.05, 0) is 24.3 Å². The Labute approximate surface area is 109 Å². The number of carbonyl (C=O) groups excluding carboxylic acids is 2. The number of carbonyl (C=O) groups is 2. The predicted molar refractivity (Wildman–Crippen MR) is 68.2 cm³/mol. The largest absolute Gasteiger partial charge is 0.453 e. The lowest BCUT2D eigenvalue weighted by atomic mass is 10.1. The Bertz CT molecular complexity index is 632. The van der Waals surface area contributed by atoms with Gasteiger partial charge in [0.05, 0.1) is 6.54 Å². The minimum atomic E-state index is -0.342. The highest BCUT2D eigenvalue weighted by Crippen LogP contribution is 2.27. The number of nitrogens with zero attached hydrogens (tertiary/aromatic N) is 1. The zero-order chi connectivity index (χ0) is 13.2. The molecule has 0 spiro atoms. The molecular formula is C14H11NO4. The molecule has 1 saturated heterocycles. The number of aldehydes is 1. The van der Waals surface area contributed by atoms with Gasteiger partial charge in [-0.2, -0.15) is 0 Å². The lowest BCUT2D eigenvalue weighted by molar-refractivity contribution is 0.110. The van der Waals surface area contributed by atoms with E-state index in [4.69, 9.17) is 9.15 Å². The van der Waals surface area contributed by atoms with Gasteiger partial charge in [-0.25, -0.2) is 4.79 Å². The molecule has 0 radical (unpaired) electrons. The Morgan fingerprint density at radius 1 is 1.21 bits per heavy atom. The van der Waals surface area contributed by atoms with Gasteiger partial charge in [0.1, 0.15) is 12.4 Å². The maximum absolute atomic E-state index is 11.5. The third kappa shape index (κ3) is 2.10. The predicted octanol–water partition coefficient (Wildman–Crippen LogP) is 2.72. The van der Waals surface area contributed by atoms with E-state index in [9.17, 15) is 9.59 Å². The smallest absolute Gasteiger partial charge is 0.414 e. The number of hydrogen-bond donors (Lipinski definition) is 0. The average Bonchev–Trinajstić information content (AvgIpc) is 3.07. The molecule has 1 aromatic carbocycles. The molecule has 5 heteroatoms. The van der Waals surface area contributed by atoms with Crippen molar-refractivity contribution < 1.29 is 18.7 Å². The van der Waals surface area contributed by atoms with Crippen LogP contribution in [0.3, 0.4) is 0 Å². The Morgan fingerprint density at radius 3 is 2.79 bits per heavy atom. The zero-order valence-corrected chi connectivity index (χ0v) is 10.0. The molecule has 1 aliphatic rings. The highest BCUT2D eigenvalue weighted by atomic mass is 16.6. The fourth-order valence-corrected chi connectivity index (χ4v) is 2.03. The number of amides is 1. The van der Waals surface area contributed by atoms with Crippen LogP contribution in [0.15, 0.2) is 40.8 Å². The van der Waals surface area contributed by atoms with Crippen LogP contribution in [-0.4, -0.2) is 25.5 Å². The summed E-state index contributed by atoms with van der Waals surface area (Å²) in [5.41, 5.74) is 1.56. The van der Waals surface area contributed by atoms with Crippen molar-refractivity contribution in [3.63, 3.8) is 0 Å². The fourth-order valence-electron chi connectivity index (χ4n) is 2.03. The summed E-state index contributed by atoms with van der Waals surface area (Å²) in [4.78, 5) is 23.7. The van der Waals surface area contributed by atoms with Crippen molar-refractivity contribution in [1.82, 2.24) is 0 Å². The standard InChI is InChI=1S/C14H11NO4/c16-9-12-4-5-13(19-12)10-2-1-3-11(8-10)15-6-7-18-14(15)17/h1-5,8-9H,6-7H2. The summed E-state index contributed by atoms with van der Waals surface area (Å²) < 4.78 is 10.3. The van der Waals surface area contributed by atoms with Crippen LogP contribution >= 0.6 is 0 Å². The van der Waals surface area contributed by atoms with E-state index in [1.54, 1.807) is 17.0 Å². The van der Waals surface area contributed by atoms with Gasteiger partial charge in [0, 0.05) is 11.3 Å². The van der Waals surface area contributed by atoms with Crippen molar-refractivity contribution in [3.05, 3.63) is 42.2 Å². The molecule has 0 N–H and O–H groups in total. The van der Waals surface area contributed by atoms with Crippen LogP contribution in [0.5, 0.6) is 0 Å². The van der Waals surface area contributed by atoms with E-state index < -0.39 is 0 Å². The van der Waals surface area contributed by atoms with Crippen LogP contribution in [0, 0.1) is 0 Å². The first-order valence-electron chi connectivity index (χ1n) is 5.88. The van der Waals surface area contributed by atoms with Gasteiger partial charge >= 0.3 is 6.09 Å². The van der Waals surface area contributed by atoms with Crippen LogP contribution < -0.4 is 4.90 Å². The quantitative estimate of drug-likeness (QED) is 0.793. The molecule has 0 atom stereocenters. The van der Waals surface area contributed by atoms with Crippen LogP contribution in [0.4, 0.5) is 10.5 Å². The van der Waals surface area contributed by atoms with Gasteiger partial charge in [0.25, 0.3) is 0 Å². The molecular weight excluding hydrogens is 246 g/mol. The Morgan fingerprint density at radius 2 is 2.11 bits per heavy atom. The third-order valence-corrected chi connectivity index (χ3v) is 2.95. The number of benzene rings is 1. The Kier molecular flexibility index (Phi) is 2.79. The molecule has 96 valence electrons. The van der Waals surface area contributed by atoms with Gasteiger partial charge in [0.15, 0.2) is 12.0 Å². The monoisotopic (exact) mass is 257 g/mol. The fraction of sp³-hybridized carbons (Fsp3) is 0.143. The average molecular weight is 257 g/mol. The number of rotatable bonds is 3. The summed E-state index contributed by atoms with van der Waals surface area (Å²) in [6.45, 7) is 0.944. The first-order valence-corrected chi connectivity index (χ1v) is 5.88. The number of anilines is 1. The van der Waals surface area contributed by atoms with E-state index in [1.165, 1.54) is 0 Å². The van der Waals surface area contributed by atoms with E-state index in [2.05, 4.69) is 0 Å². The number of cyclic esters (lactones) is 1. The maximum Gasteiger partial charge on any atom is 0.414 e. The van der Waals surface area contributed by atoms with Gasteiger partial charge in [-0.3, -0.25) is 9.69 Å². The van der Waals surface area contributed by atoms with Crippen molar-refractivity contribution >= 4 is 18.1 Å². The van der Waals surface area contributed by atoms with Crippen molar-refractivity contribution in [2.24, 2.45) is 0 Å². The van der Waals surface area contributed by atoms with Gasteiger partial charge in [-0.15, -0.1) is 0 Å². The molecule has 1 fully saturated rings. The summed E-state index contributed by atoms with van der Waals surface area (Å²) in [7, 11) is 0. The van der Waals surface area contributed by atoms with Gasteiger partial charge in [0.2, 0.25) is 0 Å². The molecule has 1 aliphatic heterocycles. The first-order chi connectivity index (χ1) is 9.28. The zero-order valence-electron chi connectivity index (χ0n) is 10.0. The molecule has 1 aromatic heterocycles. The normalized spacial score (nSPS) is 14.5. The Hall–Kier alpha value is -2.56. The van der Waals surface area contributed by atoms with Gasteiger partial charge in [-0.1, -0.05) is 12.1 Å². The topological polar surface area (TPSA) is 59.8 Å². The molecule has 0 aliphatic carbocycles. The first kappa shape index (κ1) is 11.5. The minimum absolute atomic E-state index is 0.279. The summed E-state index contributed by atoms with van der Waals surface area (Å²) in [5.74, 6) is 0.873. The van der Waals surface area contributed by atoms with Crippen LogP contribution in [-0.2, 0) is 4.74 Å². The second-order valence-corrected chi connectivity index (χ2v) is 4.14. The molecule has 0 unspecified atom stereocenters. The van der Waals surface area contributed by atoms with Crippen LogP contribution in [0.25, 0.3) is 11.3 Å². The molecule has 0 saturated carbocycles. The van der Waals surface area contributed by atoms with E-state index in [-0.39, 0.29) is 11.9 Å². The molecule has 2 aromatic rings. The molecule has 19 heavy (non-hydrogen) atoms. The van der Waals surface area contributed by atoms with Crippen LogP contribution in [0.2, 0.25) is 0 Å². The SMILES string of the molecule is O=Cc1ccc(-c2cccc(N3CCOC3=O)c2)o1. The van der Waals surface area contributed by atoms with Crippen molar-refractivity contribution in [2.75, 3.05) is 18.1 Å². The molecule has 5 nitrogen and oxygen atoms in total. The van der Waals surface area contributed by atoms with E-state index in [0.717, 1.165) is 11.3 Å². The highest BCUT2D eigenvalue weighted by Gasteiger charge is 2.23. The lowest BCUT2D eigenvalue weighted by Gasteiger charge is -2.13. The summed E-state index contributed by atoms with van der Waals surface area (Å²) in [6, 6.07) is 10.7. The number of hydrogen-bond acceptors (Lipinski definition) is 4. The summed E-state index contributed by atoms with van der Waals surface area (Å²) in [5, 5.41) is 0. The molecule has 2 heterocycles. The second-order valence-electron chi connectivity index (χ2n) is 4.14. The van der Waals surface area contributed by atoms with E-state index >= 15 is 0 Å². The maximum atomic E-state index is 11.5. The number of ether oxygens (including phenoxy) is 1. The summed E-state index contributed by atoms with van der Waals surface area (Å²) >= 11 is 0. The van der Waals surface area contributed by atoms with Crippen molar-refractivity contribution in [2.45, 2.75) is 0 Å². The third-order valence-electron chi connectivity index (χ3n) is 2.95. The minimum Gasteiger partial charge on any atom is -0.453 e. The van der Waals surface area contributed by atoms with E-state index in [0.29, 0.717) is 25.2 Å². The number of furan rings is 1. The van der Waals surface area contributed by atoms with Gasteiger partial charge < -0.3 is 9.15 Å². The van der Waals surface area contributed by atoms with Crippen LogP contribution in [0.1, 0.15) is 10.6 Å².